The highest BCUT2D eigenvalue weighted by atomic mass is 35.5. The summed E-state index contributed by atoms with van der Waals surface area (Å²) in [5, 5.41) is 10.0. The first-order valence-electron chi connectivity index (χ1n) is 8.17. The highest BCUT2D eigenvalue weighted by molar-refractivity contribution is 6.30. The molecule has 3 rings (SSSR count). The van der Waals surface area contributed by atoms with Crippen molar-refractivity contribution in [2.24, 2.45) is 0 Å². The van der Waals surface area contributed by atoms with E-state index >= 15 is 0 Å². The van der Waals surface area contributed by atoms with Gasteiger partial charge >= 0.3 is 0 Å². The van der Waals surface area contributed by atoms with E-state index in [-0.39, 0.29) is 5.91 Å². The molecule has 0 bridgehead atoms. The highest BCUT2D eigenvalue weighted by Crippen LogP contribution is 2.25. The summed E-state index contributed by atoms with van der Waals surface area (Å²) in [7, 11) is 0. The molecule has 0 radical (unpaired) electrons. The molecular formula is C19H19ClN4O. The van der Waals surface area contributed by atoms with Crippen molar-refractivity contribution >= 4 is 23.2 Å². The van der Waals surface area contributed by atoms with Crippen LogP contribution in [0, 0.1) is 25.2 Å². The second-order valence-corrected chi connectivity index (χ2v) is 6.58. The van der Waals surface area contributed by atoms with E-state index in [9.17, 15) is 10.1 Å². The molecule has 1 saturated heterocycles. The van der Waals surface area contributed by atoms with Gasteiger partial charge in [-0.1, -0.05) is 17.7 Å². The fraction of sp³-hybridized carbons (Fsp3) is 0.316. The third-order valence-electron chi connectivity index (χ3n) is 4.40. The van der Waals surface area contributed by atoms with Crippen LogP contribution in [0.1, 0.15) is 27.3 Å². The Bertz CT molecular complexity index is 851. The summed E-state index contributed by atoms with van der Waals surface area (Å²) < 4.78 is 0. The summed E-state index contributed by atoms with van der Waals surface area (Å²) >= 11 is 5.98. The lowest BCUT2D eigenvalue weighted by atomic mass is 10.1. The van der Waals surface area contributed by atoms with Gasteiger partial charge in [-0.15, -0.1) is 0 Å². The van der Waals surface area contributed by atoms with E-state index in [0.717, 1.165) is 17.1 Å². The Balaban J connectivity index is 1.75. The molecule has 1 aliphatic heterocycles. The number of carbonyl (C=O) groups excluding carboxylic acids is 1. The number of halogens is 1. The van der Waals surface area contributed by atoms with Crippen molar-refractivity contribution in [3.63, 3.8) is 0 Å². The Morgan fingerprint density at radius 3 is 2.56 bits per heavy atom. The minimum Gasteiger partial charge on any atom is -0.367 e. The number of rotatable bonds is 2. The number of benzene rings is 1. The van der Waals surface area contributed by atoms with Crippen LogP contribution in [0.4, 0.5) is 5.69 Å². The Morgan fingerprint density at radius 1 is 1.20 bits per heavy atom. The normalized spacial score (nSPS) is 14.3. The summed E-state index contributed by atoms with van der Waals surface area (Å²) in [6, 6.07) is 11.2. The number of aromatic nitrogens is 1. The number of aryl methyl sites for hydroxylation is 2. The van der Waals surface area contributed by atoms with Gasteiger partial charge < -0.3 is 9.80 Å². The number of carbonyl (C=O) groups is 1. The van der Waals surface area contributed by atoms with Crippen molar-refractivity contribution in [3.8, 4) is 6.07 Å². The molecule has 1 amide bonds. The van der Waals surface area contributed by atoms with E-state index < -0.39 is 0 Å². The minimum absolute atomic E-state index is 0.00949. The number of piperazine rings is 1. The molecule has 5 nitrogen and oxygen atoms in total. The van der Waals surface area contributed by atoms with Gasteiger partial charge in [-0.2, -0.15) is 5.26 Å². The van der Waals surface area contributed by atoms with Crippen molar-refractivity contribution in [1.82, 2.24) is 9.88 Å². The number of anilines is 1. The number of nitrogens with zero attached hydrogens (tertiary/aromatic N) is 4. The monoisotopic (exact) mass is 354 g/mol. The van der Waals surface area contributed by atoms with Gasteiger partial charge in [0.15, 0.2) is 0 Å². The molecule has 2 aromatic rings. The molecule has 0 atom stereocenters. The molecule has 0 saturated carbocycles. The van der Waals surface area contributed by atoms with Crippen LogP contribution in [0.2, 0.25) is 5.02 Å². The Hall–Kier alpha value is -2.58. The van der Waals surface area contributed by atoms with Gasteiger partial charge in [0.25, 0.3) is 5.91 Å². The quantitative estimate of drug-likeness (QED) is 0.831. The summed E-state index contributed by atoms with van der Waals surface area (Å²) in [5.41, 5.74) is 3.76. The summed E-state index contributed by atoms with van der Waals surface area (Å²) in [5.74, 6) is -0.00949. The van der Waals surface area contributed by atoms with Crippen molar-refractivity contribution in [1.29, 1.82) is 5.26 Å². The topological polar surface area (TPSA) is 60.2 Å². The standard InChI is InChI=1S/C19H19ClN4O/c1-13-10-18(17(12-21)14(2)22-13)23-6-8-24(9-7-23)19(25)15-4-3-5-16(20)11-15/h3-5,10-11H,6-9H2,1-2H3. The number of amides is 1. The van der Waals surface area contributed by atoms with E-state index in [1.54, 1.807) is 24.3 Å². The molecule has 1 aromatic heterocycles. The molecule has 0 N–H and O–H groups in total. The second kappa shape index (κ2) is 7.12. The highest BCUT2D eigenvalue weighted by Gasteiger charge is 2.24. The third-order valence-corrected chi connectivity index (χ3v) is 4.63. The maximum Gasteiger partial charge on any atom is 0.254 e. The van der Waals surface area contributed by atoms with Crippen LogP contribution in [-0.2, 0) is 0 Å². The molecule has 1 aromatic carbocycles. The van der Waals surface area contributed by atoms with Crippen molar-refractivity contribution in [2.45, 2.75) is 13.8 Å². The van der Waals surface area contributed by atoms with Gasteiger partial charge in [0, 0.05) is 42.5 Å². The predicted octanol–water partition coefficient (Wildman–Crippen LogP) is 3.19. The third kappa shape index (κ3) is 3.59. The van der Waals surface area contributed by atoms with Crippen LogP contribution in [0.25, 0.3) is 0 Å². The van der Waals surface area contributed by atoms with E-state index in [1.807, 2.05) is 24.8 Å². The summed E-state index contributed by atoms with van der Waals surface area (Å²) in [6.07, 6.45) is 0. The van der Waals surface area contributed by atoms with Crippen LogP contribution in [0.15, 0.2) is 30.3 Å². The van der Waals surface area contributed by atoms with E-state index in [2.05, 4.69) is 16.0 Å². The first-order valence-corrected chi connectivity index (χ1v) is 8.55. The van der Waals surface area contributed by atoms with Gasteiger partial charge in [-0.3, -0.25) is 9.78 Å². The van der Waals surface area contributed by atoms with Crippen molar-refractivity contribution in [2.75, 3.05) is 31.1 Å². The smallest absolute Gasteiger partial charge is 0.254 e. The fourth-order valence-electron chi connectivity index (χ4n) is 3.15. The lowest BCUT2D eigenvalue weighted by Gasteiger charge is -2.36. The molecule has 25 heavy (non-hydrogen) atoms. The SMILES string of the molecule is Cc1cc(N2CCN(C(=O)c3cccc(Cl)c3)CC2)c(C#N)c(C)n1. The molecule has 128 valence electrons. The van der Waals surface area contributed by atoms with Gasteiger partial charge in [0.05, 0.1) is 16.9 Å². The van der Waals surface area contributed by atoms with Gasteiger partial charge in [-0.05, 0) is 38.1 Å². The van der Waals surface area contributed by atoms with E-state index in [1.165, 1.54) is 0 Å². The minimum atomic E-state index is -0.00949. The maximum absolute atomic E-state index is 12.6. The molecule has 6 heteroatoms. The predicted molar refractivity (Wildman–Crippen MR) is 98.0 cm³/mol. The Morgan fingerprint density at radius 2 is 1.92 bits per heavy atom. The summed E-state index contributed by atoms with van der Waals surface area (Å²) in [4.78, 5) is 21.0. The van der Waals surface area contributed by atoms with Gasteiger partial charge in [0.1, 0.15) is 6.07 Å². The second-order valence-electron chi connectivity index (χ2n) is 6.14. The lowest BCUT2D eigenvalue weighted by Crippen LogP contribution is -2.49. The molecule has 0 aliphatic carbocycles. The Kier molecular flexibility index (Phi) is 4.91. The van der Waals surface area contributed by atoms with E-state index in [0.29, 0.717) is 42.3 Å². The van der Waals surface area contributed by atoms with Crippen LogP contribution in [-0.4, -0.2) is 42.0 Å². The largest absolute Gasteiger partial charge is 0.367 e. The number of pyridine rings is 1. The molecule has 1 fully saturated rings. The molecule has 0 unspecified atom stereocenters. The van der Waals surface area contributed by atoms with Gasteiger partial charge in [-0.25, -0.2) is 0 Å². The zero-order valence-electron chi connectivity index (χ0n) is 14.3. The number of nitriles is 1. The zero-order valence-corrected chi connectivity index (χ0v) is 15.0. The van der Waals surface area contributed by atoms with Gasteiger partial charge in [0.2, 0.25) is 0 Å². The molecule has 2 heterocycles. The number of hydrogen-bond acceptors (Lipinski definition) is 4. The van der Waals surface area contributed by atoms with Crippen molar-refractivity contribution < 1.29 is 4.79 Å². The number of hydrogen-bond donors (Lipinski definition) is 0. The molecule has 0 spiro atoms. The average Bonchev–Trinajstić information content (AvgIpc) is 2.60. The molecule has 1 aliphatic rings. The van der Waals surface area contributed by atoms with Crippen LogP contribution in [0.3, 0.4) is 0 Å². The lowest BCUT2D eigenvalue weighted by molar-refractivity contribution is 0.0747. The first kappa shape index (κ1) is 17.2. The van der Waals surface area contributed by atoms with Crippen LogP contribution in [0.5, 0.6) is 0 Å². The van der Waals surface area contributed by atoms with Crippen LogP contribution < -0.4 is 4.90 Å². The maximum atomic E-state index is 12.6. The first-order chi connectivity index (χ1) is 12.0. The summed E-state index contributed by atoms with van der Waals surface area (Å²) in [6.45, 7) is 6.37. The van der Waals surface area contributed by atoms with Crippen LogP contribution >= 0.6 is 11.6 Å². The fourth-order valence-corrected chi connectivity index (χ4v) is 3.34. The van der Waals surface area contributed by atoms with E-state index in [4.69, 9.17) is 11.6 Å². The average molecular weight is 355 g/mol. The molecular weight excluding hydrogens is 336 g/mol. The Labute approximate surface area is 152 Å². The van der Waals surface area contributed by atoms with Crippen molar-refractivity contribution in [3.05, 3.63) is 57.9 Å². The zero-order chi connectivity index (χ0) is 18.0.